The van der Waals surface area contributed by atoms with E-state index in [4.69, 9.17) is 0 Å². The topological polar surface area (TPSA) is 41.1 Å². The highest BCUT2D eigenvalue weighted by Gasteiger charge is 2.25. The van der Waals surface area contributed by atoms with E-state index in [1.165, 1.54) is 38.5 Å². The van der Waals surface area contributed by atoms with E-state index >= 15 is 0 Å². The smallest absolute Gasteiger partial charge is 0.220 e. The lowest BCUT2D eigenvalue weighted by Crippen LogP contribution is -2.50. The zero-order valence-corrected chi connectivity index (χ0v) is 12.6. The van der Waals surface area contributed by atoms with Crippen LogP contribution in [0.4, 0.5) is 0 Å². The van der Waals surface area contributed by atoms with Crippen molar-refractivity contribution >= 4 is 5.91 Å². The maximum Gasteiger partial charge on any atom is 0.220 e. The Hall–Kier alpha value is -0.570. The molecule has 0 spiro atoms. The van der Waals surface area contributed by atoms with Crippen molar-refractivity contribution in [1.29, 1.82) is 0 Å². The lowest BCUT2D eigenvalue weighted by molar-refractivity contribution is -0.123. The lowest BCUT2D eigenvalue weighted by Gasteiger charge is -2.32. The zero-order valence-electron chi connectivity index (χ0n) is 12.6. The molecule has 0 aromatic rings. The third-order valence-corrected chi connectivity index (χ3v) is 5.14. The largest absolute Gasteiger partial charge is 0.352 e. The van der Waals surface area contributed by atoms with Crippen LogP contribution in [0, 0.1) is 17.8 Å². The average Bonchev–Trinajstić information content (AvgIpc) is 2.42. The first-order valence-electron chi connectivity index (χ1n) is 8.17. The molecular weight excluding hydrogens is 236 g/mol. The molecular formula is C16H30N2O. The third kappa shape index (κ3) is 4.48. The molecule has 3 unspecified atom stereocenters. The maximum atomic E-state index is 12.2. The number of piperidine rings is 1. The van der Waals surface area contributed by atoms with Gasteiger partial charge in [-0.3, -0.25) is 4.79 Å². The van der Waals surface area contributed by atoms with Gasteiger partial charge in [-0.05, 0) is 30.7 Å². The summed E-state index contributed by atoms with van der Waals surface area (Å²) < 4.78 is 0. The summed E-state index contributed by atoms with van der Waals surface area (Å²) in [5.74, 6) is 2.20. The van der Waals surface area contributed by atoms with Gasteiger partial charge in [-0.1, -0.05) is 46.0 Å². The molecule has 1 aliphatic carbocycles. The second kappa shape index (κ2) is 7.28. The number of carbonyl (C=O) groups is 1. The van der Waals surface area contributed by atoms with Gasteiger partial charge in [-0.2, -0.15) is 0 Å². The minimum absolute atomic E-state index is 0.263. The van der Waals surface area contributed by atoms with Crippen molar-refractivity contribution in [2.45, 2.75) is 64.8 Å². The van der Waals surface area contributed by atoms with Crippen LogP contribution in [-0.2, 0) is 4.79 Å². The van der Waals surface area contributed by atoms with Gasteiger partial charge in [-0.15, -0.1) is 0 Å². The van der Waals surface area contributed by atoms with Gasteiger partial charge in [0.05, 0.1) is 0 Å². The van der Waals surface area contributed by atoms with E-state index in [-0.39, 0.29) is 5.91 Å². The van der Waals surface area contributed by atoms with Crippen LogP contribution in [0.5, 0.6) is 0 Å². The highest BCUT2D eigenvalue weighted by atomic mass is 16.1. The second-order valence-corrected chi connectivity index (χ2v) is 6.72. The molecule has 1 saturated heterocycles. The summed E-state index contributed by atoms with van der Waals surface area (Å²) in [5, 5.41) is 6.61. The van der Waals surface area contributed by atoms with Crippen molar-refractivity contribution in [2.75, 3.05) is 13.1 Å². The minimum atomic E-state index is 0.263. The van der Waals surface area contributed by atoms with Crippen LogP contribution in [0.3, 0.4) is 0 Å². The summed E-state index contributed by atoms with van der Waals surface area (Å²) in [5.41, 5.74) is 0. The number of rotatable bonds is 4. The fourth-order valence-corrected chi connectivity index (χ4v) is 3.61. The monoisotopic (exact) mass is 266 g/mol. The highest BCUT2D eigenvalue weighted by Crippen LogP contribution is 2.31. The quantitative estimate of drug-likeness (QED) is 0.821. The van der Waals surface area contributed by atoms with Crippen molar-refractivity contribution in [2.24, 2.45) is 17.8 Å². The lowest BCUT2D eigenvalue weighted by atomic mass is 9.79. The van der Waals surface area contributed by atoms with E-state index in [0.717, 1.165) is 19.0 Å². The van der Waals surface area contributed by atoms with E-state index in [1.807, 2.05) is 0 Å². The van der Waals surface area contributed by atoms with E-state index in [2.05, 4.69) is 24.5 Å². The predicted molar refractivity (Wildman–Crippen MR) is 78.9 cm³/mol. The Balaban J connectivity index is 1.73. The van der Waals surface area contributed by atoms with Crippen LogP contribution >= 0.6 is 0 Å². The van der Waals surface area contributed by atoms with Gasteiger partial charge in [0.2, 0.25) is 5.91 Å². The maximum absolute atomic E-state index is 12.2. The molecule has 2 rings (SSSR count). The molecule has 3 nitrogen and oxygen atoms in total. The molecule has 3 atom stereocenters. The van der Waals surface area contributed by atoms with Crippen molar-refractivity contribution in [1.82, 2.24) is 10.6 Å². The fourth-order valence-electron chi connectivity index (χ4n) is 3.61. The Bertz CT molecular complexity index is 286. The van der Waals surface area contributed by atoms with E-state index < -0.39 is 0 Å². The molecule has 1 amide bonds. The van der Waals surface area contributed by atoms with Gasteiger partial charge < -0.3 is 10.6 Å². The van der Waals surface area contributed by atoms with Gasteiger partial charge in [-0.25, -0.2) is 0 Å². The first-order chi connectivity index (χ1) is 9.16. The van der Waals surface area contributed by atoms with Crippen LogP contribution in [0.2, 0.25) is 0 Å². The fraction of sp³-hybridized carbons (Fsp3) is 0.938. The second-order valence-electron chi connectivity index (χ2n) is 6.72. The third-order valence-electron chi connectivity index (χ3n) is 5.14. The van der Waals surface area contributed by atoms with Crippen LogP contribution in [0.25, 0.3) is 0 Å². The Morgan fingerprint density at radius 1 is 1.26 bits per heavy atom. The molecule has 3 heteroatoms. The Labute approximate surface area is 117 Å². The van der Waals surface area contributed by atoms with Crippen LogP contribution in [0.15, 0.2) is 0 Å². The van der Waals surface area contributed by atoms with E-state index in [9.17, 15) is 4.79 Å². The molecule has 0 bridgehead atoms. The van der Waals surface area contributed by atoms with Gasteiger partial charge >= 0.3 is 0 Å². The molecule has 2 fully saturated rings. The molecule has 2 N–H and O–H groups in total. The van der Waals surface area contributed by atoms with Crippen molar-refractivity contribution < 1.29 is 4.79 Å². The van der Waals surface area contributed by atoms with Crippen LogP contribution in [0.1, 0.15) is 58.8 Å². The Morgan fingerprint density at radius 3 is 2.68 bits per heavy atom. The molecule has 0 aromatic carbocycles. The number of amides is 1. The molecule has 1 heterocycles. The molecule has 0 radical (unpaired) electrons. The highest BCUT2D eigenvalue weighted by molar-refractivity contribution is 5.76. The van der Waals surface area contributed by atoms with Crippen molar-refractivity contribution in [3.8, 4) is 0 Å². The average molecular weight is 266 g/mol. The number of carbonyl (C=O) groups excluding carboxylic acids is 1. The van der Waals surface area contributed by atoms with Gasteiger partial charge in [0.1, 0.15) is 0 Å². The number of nitrogens with one attached hydrogen (secondary N) is 2. The van der Waals surface area contributed by atoms with E-state index in [1.54, 1.807) is 0 Å². The number of hydrogen-bond acceptors (Lipinski definition) is 2. The summed E-state index contributed by atoms with van der Waals surface area (Å²) in [6, 6.07) is 0.333. The van der Waals surface area contributed by atoms with Crippen molar-refractivity contribution in [3.63, 3.8) is 0 Å². The molecule has 1 aliphatic heterocycles. The van der Waals surface area contributed by atoms with Gasteiger partial charge in [0, 0.05) is 19.0 Å². The molecule has 19 heavy (non-hydrogen) atoms. The standard InChI is InChI=1S/C16H30N2O/c1-12-8-9-17-11-15(12)18-16(19)10-13(2)14-6-4-3-5-7-14/h12-15,17H,3-11H2,1-2H3,(H,18,19). The first kappa shape index (κ1) is 14.8. The molecule has 0 aromatic heterocycles. The molecule has 2 aliphatic rings. The summed E-state index contributed by atoms with van der Waals surface area (Å²) >= 11 is 0. The summed E-state index contributed by atoms with van der Waals surface area (Å²) in [7, 11) is 0. The van der Waals surface area contributed by atoms with E-state index in [0.29, 0.717) is 24.3 Å². The minimum Gasteiger partial charge on any atom is -0.352 e. The summed E-state index contributed by atoms with van der Waals surface area (Å²) in [6.45, 7) is 6.53. The van der Waals surface area contributed by atoms with Gasteiger partial charge in [0.15, 0.2) is 0 Å². The van der Waals surface area contributed by atoms with Crippen molar-refractivity contribution in [3.05, 3.63) is 0 Å². The first-order valence-corrected chi connectivity index (χ1v) is 8.17. The SMILES string of the molecule is CC(CC(=O)NC1CNCCC1C)C1CCCCC1. The number of hydrogen-bond donors (Lipinski definition) is 2. The zero-order chi connectivity index (χ0) is 13.7. The van der Waals surface area contributed by atoms with Gasteiger partial charge in [0.25, 0.3) is 0 Å². The summed E-state index contributed by atoms with van der Waals surface area (Å²) in [4.78, 5) is 12.2. The molecule has 110 valence electrons. The van der Waals surface area contributed by atoms with Crippen LogP contribution < -0.4 is 10.6 Å². The Kier molecular flexibility index (Phi) is 5.68. The summed E-state index contributed by atoms with van der Waals surface area (Å²) in [6.07, 6.45) is 8.66. The normalized spacial score (nSPS) is 30.8. The van der Waals surface area contributed by atoms with Crippen LogP contribution in [-0.4, -0.2) is 25.0 Å². The Morgan fingerprint density at radius 2 is 2.00 bits per heavy atom. The predicted octanol–water partition coefficient (Wildman–Crippen LogP) is 2.71. The molecule has 1 saturated carbocycles.